The van der Waals surface area contributed by atoms with Crippen molar-refractivity contribution >= 4 is 0 Å². The maximum absolute atomic E-state index is 14.1. The first-order valence-corrected chi connectivity index (χ1v) is 9.57. The molecule has 0 aromatic rings. The normalized spacial score (nSPS) is 44.0. The van der Waals surface area contributed by atoms with Crippen LogP contribution >= 0.6 is 0 Å². The molecule has 0 aromatic carbocycles. The lowest BCUT2D eigenvalue weighted by Crippen LogP contribution is -2.63. The van der Waals surface area contributed by atoms with Crippen LogP contribution in [0.25, 0.3) is 0 Å². The predicted octanol–water partition coefficient (Wildman–Crippen LogP) is 2.84. The number of alkyl halides is 2. The molecular weight excluding hydrogens is 296 g/mol. The topological polar surface area (TPSA) is 32.5 Å². The highest BCUT2D eigenvalue weighted by molar-refractivity contribution is 5.06. The molecule has 23 heavy (non-hydrogen) atoms. The molecule has 2 aliphatic heterocycles. The zero-order valence-electron chi connectivity index (χ0n) is 14.3. The van der Waals surface area contributed by atoms with Crippen molar-refractivity contribution in [1.82, 2.24) is 9.80 Å². The molecule has 2 saturated carbocycles. The van der Waals surface area contributed by atoms with E-state index in [1.54, 1.807) is 0 Å². The molecule has 4 rings (SSSR count). The Morgan fingerprint density at radius 1 is 1.09 bits per heavy atom. The van der Waals surface area contributed by atoms with Crippen LogP contribution < -0.4 is 5.73 Å². The standard InChI is InChI=1S/C18H31F2N3/c1-22(11-12-4-5-12)15-9-13-6-7-14(10-15)23(13)16-3-2-8-18(19,20)17(16)21/h12-17H,2-11,21H2,1H3/t13-,14+,15-,16-,17+/m0/s1. The summed E-state index contributed by atoms with van der Waals surface area (Å²) in [4.78, 5) is 4.98. The average molecular weight is 327 g/mol. The summed E-state index contributed by atoms with van der Waals surface area (Å²) in [6.07, 6.45) is 8.87. The second-order valence-corrected chi connectivity index (χ2v) is 8.59. The number of hydrogen-bond acceptors (Lipinski definition) is 3. The Balaban J connectivity index is 1.43. The van der Waals surface area contributed by atoms with Gasteiger partial charge in [-0.3, -0.25) is 4.90 Å². The third-order valence-electron chi connectivity index (χ3n) is 6.93. The van der Waals surface area contributed by atoms with E-state index in [0.717, 1.165) is 25.2 Å². The third-order valence-corrected chi connectivity index (χ3v) is 6.93. The summed E-state index contributed by atoms with van der Waals surface area (Å²) < 4.78 is 28.1. The van der Waals surface area contributed by atoms with Crippen molar-refractivity contribution in [2.45, 2.75) is 93.9 Å². The van der Waals surface area contributed by atoms with Gasteiger partial charge in [-0.25, -0.2) is 8.78 Å². The summed E-state index contributed by atoms with van der Waals surface area (Å²) in [6, 6.07) is 0.520. The highest BCUT2D eigenvalue weighted by Gasteiger charge is 2.52. The van der Waals surface area contributed by atoms with E-state index in [1.807, 2.05) is 0 Å². The van der Waals surface area contributed by atoms with Crippen LogP contribution in [-0.2, 0) is 0 Å². The van der Waals surface area contributed by atoms with Gasteiger partial charge in [0, 0.05) is 37.1 Å². The Morgan fingerprint density at radius 2 is 1.74 bits per heavy atom. The fourth-order valence-corrected chi connectivity index (χ4v) is 5.45. The van der Waals surface area contributed by atoms with Crippen LogP contribution in [0.4, 0.5) is 8.78 Å². The molecule has 2 N–H and O–H groups in total. The van der Waals surface area contributed by atoms with E-state index in [1.165, 1.54) is 32.2 Å². The van der Waals surface area contributed by atoms with Gasteiger partial charge in [0.2, 0.25) is 0 Å². The van der Waals surface area contributed by atoms with Gasteiger partial charge in [0.15, 0.2) is 0 Å². The number of halogens is 2. The van der Waals surface area contributed by atoms with E-state index in [0.29, 0.717) is 24.5 Å². The van der Waals surface area contributed by atoms with Crippen molar-refractivity contribution in [3.8, 4) is 0 Å². The number of nitrogens with zero attached hydrogens (tertiary/aromatic N) is 2. The summed E-state index contributed by atoms with van der Waals surface area (Å²) in [5.74, 6) is -1.76. The van der Waals surface area contributed by atoms with Gasteiger partial charge in [-0.1, -0.05) is 0 Å². The van der Waals surface area contributed by atoms with Crippen molar-refractivity contribution in [1.29, 1.82) is 0 Å². The van der Waals surface area contributed by atoms with Gasteiger partial charge in [0.1, 0.15) is 0 Å². The van der Waals surface area contributed by atoms with Crippen molar-refractivity contribution in [3.05, 3.63) is 0 Å². The Morgan fingerprint density at radius 3 is 2.35 bits per heavy atom. The molecule has 2 aliphatic carbocycles. The van der Waals surface area contributed by atoms with Crippen LogP contribution in [0.5, 0.6) is 0 Å². The van der Waals surface area contributed by atoms with E-state index in [4.69, 9.17) is 5.73 Å². The highest BCUT2D eigenvalue weighted by Crippen LogP contribution is 2.44. The largest absolute Gasteiger partial charge is 0.321 e. The van der Waals surface area contributed by atoms with Gasteiger partial charge >= 0.3 is 0 Å². The molecule has 0 radical (unpaired) electrons. The Kier molecular flexibility index (Phi) is 4.18. The Hall–Kier alpha value is -0.260. The summed E-state index contributed by atoms with van der Waals surface area (Å²) in [5.41, 5.74) is 6.01. The molecule has 2 bridgehead atoms. The monoisotopic (exact) mass is 327 g/mol. The molecule has 0 unspecified atom stereocenters. The van der Waals surface area contributed by atoms with Gasteiger partial charge in [-0.15, -0.1) is 0 Å². The predicted molar refractivity (Wildman–Crippen MR) is 87.6 cm³/mol. The lowest BCUT2D eigenvalue weighted by atomic mass is 9.83. The summed E-state index contributed by atoms with van der Waals surface area (Å²) in [6.45, 7) is 1.23. The molecule has 3 nitrogen and oxygen atoms in total. The summed E-state index contributed by atoms with van der Waals surface area (Å²) >= 11 is 0. The van der Waals surface area contributed by atoms with E-state index < -0.39 is 12.0 Å². The molecule has 5 atom stereocenters. The van der Waals surface area contributed by atoms with E-state index in [9.17, 15) is 8.78 Å². The molecule has 5 heteroatoms. The minimum Gasteiger partial charge on any atom is -0.321 e. The maximum Gasteiger partial charge on any atom is 0.264 e. The lowest BCUT2D eigenvalue weighted by molar-refractivity contribution is -0.0978. The van der Waals surface area contributed by atoms with Crippen LogP contribution in [0, 0.1) is 5.92 Å². The van der Waals surface area contributed by atoms with Crippen LogP contribution in [-0.4, -0.2) is 59.5 Å². The van der Waals surface area contributed by atoms with E-state index >= 15 is 0 Å². The SMILES string of the molecule is CN(CC1CC1)[C@@H]1C[C@H]2CC[C@@H](C1)N2[C@H]1CCCC(F)(F)[C@@H]1N. The number of hydrogen-bond donors (Lipinski definition) is 1. The van der Waals surface area contributed by atoms with Crippen molar-refractivity contribution in [2.24, 2.45) is 11.7 Å². The van der Waals surface area contributed by atoms with Gasteiger partial charge in [-0.05, 0) is 64.3 Å². The molecule has 4 aliphatic rings. The molecule has 132 valence electrons. The fourth-order valence-electron chi connectivity index (χ4n) is 5.45. The quantitative estimate of drug-likeness (QED) is 0.862. The van der Waals surface area contributed by atoms with Gasteiger partial charge in [-0.2, -0.15) is 0 Å². The molecule has 2 heterocycles. The van der Waals surface area contributed by atoms with Gasteiger partial charge < -0.3 is 10.6 Å². The minimum absolute atomic E-state index is 0.0272. The molecule has 0 amide bonds. The second kappa shape index (κ2) is 5.92. The second-order valence-electron chi connectivity index (χ2n) is 8.59. The van der Waals surface area contributed by atoms with Crippen molar-refractivity contribution < 1.29 is 8.78 Å². The zero-order valence-corrected chi connectivity index (χ0v) is 14.3. The van der Waals surface area contributed by atoms with Crippen molar-refractivity contribution in [3.63, 3.8) is 0 Å². The molecule has 0 spiro atoms. The first-order chi connectivity index (χ1) is 11.0. The number of rotatable bonds is 4. The molecule has 2 saturated heterocycles. The first kappa shape index (κ1) is 16.2. The van der Waals surface area contributed by atoms with Crippen molar-refractivity contribution in [2.75, 3.05) is 13.6 Å². The van der Waals surface area contributed by atoms with Crippen LogP contribution in [0.15, 0.2) is 0 Å². The highest BCUT2D eigenvalue weighted by atomic mass is 19.3. The maximum atomic E-state index is 14.1. The smallest absolute Gasteiger partial charge is 0.264 e. The number of nitrogens with two attached hydrogens (primary N) is 1. The third kappa shape index (κ3) is 3.05. The van der Waals surface area contributed by atoms with Gasteiger partial charge in [0.05, 0.1) is 6.04 Å². The number of fused-ring (bicyclic) bond motifs is 2. The fraction of sp³-hybridized carbons (Fsp3) is 1.00. The number of piperidine rings is 1. The van der Waals surface area contributed by atoms with Crippen LogP contribution in [0.1, 0.15) is 57.8 Å². The minimum atomic E-state index is -2.68. The first-order valence-electron chi connectivity index (χ1n) is 9.57. The summed E-state index contributed by atoms with van der Waals surface area (Å²) in [5, 5.41) is 0. The average Bonchev–Trinajstić information content (AvgIpc) is 3.27. The summed E-state index contributed by atoms with van der Waals surface area (Å²) in [7, 11) is 2.26. The Bertz CT molecular complexity index is 426. The molecule has 4 fully saturated rings. The van der Waals surface area contributed by atoms with Crippen LogP contribution in [0.3, 0.4) is 0 Å². The molecular formula is C18H31F2N3. The molecule has 0 aromatic heterocycles. The lowest BCUT2D eigenvalue weighted by Gasteiger charge is -2.50. The van der Waals surface area contributed by atoms with E-state index in [2.05, 4.69) is 16.8 Å². The van der Waals surface area contributed by atoms with E-state index in [-0.39, 0.29) is 12.5 Å². The zero-order chi connectivity index (χ0) is 16.2. The van der Waals surface area contributed by atoms with Crippen LogP contribution in [0.2, 0.25) is 0 Å². The van der Waals surface area contributed by atoms with Gasteiger partial charge in [0.25, 0.3) is 5.92 Å². The Labute approximate surface area is 138 Å².